The highest BCUT2D eigenvalue weighted by molar-refractivity contribution is 6.24. The number of aryl methyl sites for hydroxylation is 1. The normalized spacial score (nSPS) is 21.3. The fraction of sp³-hybridized carbons (Fsp3) is 0.125. The van der Waals surface area contributed by atoms with Gasteiger partial charge in [-0.25, -0.2) is 9.96 Å². The molecule has 7 rings (SSSR count). The van der Waals surface area contributed by atoms with Gasteiger partial charge in [-0.15, -0.1) is 0 Å². The highest BCUT2D eigenvalue weighted by Gasteiger charge is 2.60. The van der Waals surface area contributed by atoms with E-state index in [0.29, 0.717) is 5.69 Å². The Morgan fingerprint density at radius 2 is 1.24 bits per heavy atom. The predicted octanol–water partition coefficient (Wildman–Crippen LogP) is 6.35. The summed E-state index contributed by atoms with van der Waals surface area (Å²) in [6.45, 7) is 1.98. The Labute approximate surface area is 214 Å². The summed E-state index contributed by atoms with van der Waals surface area (Å²) < 4.78 is 0. The number of carbonyl (C=O) groups excluding carboxylic acids is 2. The number of carbonyl (C=O) groups is 2. The molecule has 5 nitrogen and oxygen atoms in total. The molecule has 2 heterocycles. The Morgan fingerprint density at radius 3 is 1.89 bits per heavy atom. The molecule has 2 aliphatic rings. The van der Waals surface area contributed by atoms with Crippen LogP contribution in [0.1, 0.15) is 17.2 Å². The summed E-state index contributed by atoms with van der Waals surface area (Å²) in [5.74, 6) is -1.26. The number of hydrogen-bond acceptors (Lipinski definition) is 4. The summed E-state index contributed by atoms with van der Waals surface area (Å²) in [5.41, 5.74) is 3.44. The number of amides is 2. The molecule has 5 aromatic carbocycles. The van der Waals surface area contributed by atoms with E-state index in [2.05, 4.69) is 30.3 Å². The van der Waals surface area contributed by atoms with Gasteiger partial charge >= 0.3 is 0 Å². The summed E-state index contributed by atoms with van der Waals surface area (Å²) in [4.78, 5) is 35.5. The summed E-state index contributed by atoms with van der Waals surface area (Å²) in [5, 5.41) is 6.04. The summed E-state index contributed by atoms with van der Waals surface area (Å²) >= 11 is 0. The highest BCUT2D eigenvalue weighted by atomic mass is 16.7. The van der Waals surface area contributed by atoms with E-state index in [4.69, 9.17) is 4.84 Å². The number of hydrogen-bond donors (Lipinski definition) is 0. The Morgan fingerprint density at radius 1 is 0.649 bits per heavy atom. The number of hydroxylamine groups is 1. The van der Waals surface area contributed by atoms with E-state index < -0.39 is 18.1 Å². The molecule has 180 valence electrons. The van der Waals surface area contributed by atoms with Crippen LogP contribution in [0.25, 0.3) is 21.5 Å². The second-order valence-electron chi connectivity index (χ2n) is 9.74. The van der Waals surface area contributed by atoms with Crippen LogP contribution in [0, 0.1) is 12.8 Å². The lowest BCUT2D eigenvalue weighted by molar-refractivity contribution is -0.126. The van der Waals surface area contributed by atoms with Crippen molar-refractivity contribution in [2.45, 2.75) is 19.1 Å². The van der Waals surface area contributed by atoms with Gasteiger partial charge in [0.15, 0.2) is 6.10 Å². The van der Waals surface area contributed by atoms with E-state index in [1.54, 1.807) is 5.06 Å². The molecule has 0 aromatic heterocycles. The number of fused-ring (bicyclic) bond motifs is 3. The molecule has 0 radical (unpaired) electrons. The second-order valence-corrected chi connectivity index (χ2v) is 9.74. The van der Waals surface area contributed by atoms with Crippen molar-refractivity contribution in [1.82, 2.24) is 0 Å². The minimum Gasteiger partial charge on any atom is -0.273 e. The molecule has 0 aliphatic carbocycles. The van der Waals surface area contributed by atoms with E-state index in [-0.39, 0.29) is 11.8 Å². The Hall–Kier alpha value is -4.48. The van der Waals surface area contributed by atoms with Gasteiger partial charge in [0, 0.05) is 0 Å². The smallest absolute Gasteiger partial charge is 0.266 e. The van der Waals surface area contributed by atoms with Crippen molar-refractivity contribution >= 4 is 44.7 Å². The molecule has 5 heteroatoms. The fourth-order valence-electron chi connectivity index (χ4n) is 5.82. The lowest BCUT2D eigenvalue weighted by atomic mass is 9.84. The van der Waals surface area contributed by atoms with Crippen LogP contribution in [0.5, 0.6) is 0 Å². The number of para-hydroxylation sites is 1. The van der Waals surface area contributed by atoms with Gasteiger partial charge in [-0.3, -0.25) is 14.4 Å². The zero-order valence-electron chi connectivity index (χ0n) is 20.2. The molecule has 0 unspecified atom stereocenters. The van der Waals surface area contributed by atoms with Crippen molar-refractivity contribution in [3.63, 3.8) is 0 Å². The molecule has 0 spiro atoms. The number of imide groups is 1. The third-order valence-electron chi connectivity index (χ3n) is 7.53. The first-order chi connectivity index (χ1) is 18.1. The molecule has 5 aromatic rings. The van der Waals surface area contributed by atoms with Gasteiger partial charge in [0.2, 0.25) is 5.91 Å². The van der Waals surface area contributed by atoms with Crippen LogP contribution in [0.3, 0.4) is 0 Å². The summed E-state index contributed by atoms with van der Waals surface area (Å²) in [6.07, 6.45) is -0.906. The topological polar surface area (TPSA) is 49.9 Å². The van der Waals surface area contributed by atoms with Crippen molar-refractivity contribution in [3.05, 3.63) is 120 Å². The van der Waals surface area contributed by atoms with Crippen molar-refractivity contribution in [2.75, 3.05) is 9.96 Å². The first-order valence-electron chi connectivity index (χ1n) is 12.5. The van der Waals surface area contributed by atoms with Crippen LogP contribution >= 0.6 is 0 Å². The van der Waals surface area contributed by atoms with E-state index in [0.717, 1.165) is 38.4 Å². The molecular weight excluding hydrogens is 460 g/mol. The molecule has 2 fully saturated rings. The standard InChI is InChI=1S/C32H24N2O3/c1-20-15-17-23(18-16-20)33-31(35)28-29(34(37-30(28)32(33)36)24-11-3-2-4-12-24)27-25-13-7-5-9-21(25)19-22-10-6-8-14-26(22)27/h2-19,28-30H,1H3/t28-,29+,30+/m1/s1. The molecule has 3 atom stereocenters. The minimum absolute atomic E-state index is 0.237. The maximum Gasteiger partial charge on any atom is 0.266 e. The van der Waals surface area contributed by atoms with Crippen molar-refractivity contribution in [1.29, 1.82) is 0 Å². The van der Waals surface area contributed by atoms with Gasteiger partial charge in [-0.05, 0) is 64.4 Å². The minimum atomic E-state index is -0.906. The zero-order chi connectivity index (χ0) is 25.1. The van der Waals surface area contributed by atoms with Gasteiger partial charge in [-0.2, -0.15) is 0 Å². The van der Waals surface area contributed by atoms with Crippen LogP contribution in [0.15, 0.2) is 109 Å². The van der Waals surface area contributed by atoms with Gasteiger partial charge < -0.3 is 0 Å². The van der Waals surface area contributed by atoms with Gasteiger partial charge in [-0.1, -0.05) is 84.4 Å². The summed E-state index contributed by atoms with van der Waals surface area (Å²) in [7, 11) is 0. The van der Waals surface area contributed by atoms with Crippen LogP contribution < -0.4 is 9.96 Å². The van der Waals surface area contributed by atoms with Gasteiger partial charge in [0.1, 0.15) is 5.92 Å². The van der Waals surface area contributed by atoms with Crippen molar-refractivity contribution < 1.29 is 14.4 Å². The number of rotatable bonds is 3. The largest absolute Gasteiger partial charge is 0.273 e. The molecule has 2 saturated heterocycles. The lowest BCUT2D eigenvalue weighted by Gasteiger charge is -2.30. The molecule has 0 bridgehead atoms. The third kappa shape index (κ3) is 3.28. The molecule has 0 N–H and O–H groups in total. The van der Waals surface area contributed by atoms with Crippen LogP contribution in [0.2, 0.25) is 0 Å². The third-order valence-corrected chi connectivity index (χ3v) is 7.53. The first-order valence-corrected chi connectivity index (χ1v) is 12.5. The first kappa shape index (κ1) is 21.8. The second kappa shape index (κ2) is 8.29. The lowest BCUT2D eigenvalue weighted by Crippen LogP contribution is -2.37. The van der Waals surface area contributed by atoms with Gasteiger partial charge in [0.05, 0.1) is 17.4 Å². The molecule has 0 saturated carbocycles. The van der Waals surface area contributed by atoms with Crippen LogP contribution in [-0.4, -0.2) is 17.9 Å². The molecule has 2 amide bonds. The van der Waals surface area contributed by atoms with E-state index >= 15 is 0 Å². The monoisotopic (exact) mass is 484 g/mol. The number of anilines is 2. The predicted molar refractivity (Wildman–Crippen MR) is 145 cm³/mol. The molecular formula is C32H24N2O3. The number of benzene rings is 5. The molecule has 2 aliphatic heterocycles. The van der Waals surface area contributed by atoms with E-state index in [1.807, 2.05) is 85.8 Å². The average molecular weight is 485 g/mol. The Kier molecular flexibility index (Phi) is 4.88. The van der Waals surface area contributed by atoms with Crippen molar-refractivity contribution in [3.8, 4) is 0 Å². The highest BCUT2D eigenvalue weighted by Crippen LogP contribution is 2.50. The van der Waals surface area contributed by atoms with E-state index in [9.17, 15) is 9.59 Å². The molecule has 37 heavy (non-hydrogen) atoms. The van der Waals surface area contributed by atoms with E-state index in [1.165, 1.54) is 4.90 Å². The zero-order valence-corrected chi connectivity index (χ0v) is 20.2. The van der Waals surface area contributed by atoms with Crippen molar-refractivity contribution in [2.24, 2.45) is 5.92 Å². The summed E-state index contributed by atoms with van der Waals surface area (Å²) in [6, 6.07) is 35.3. The van der Waals surface area contributed by atoms with Crippen LogP contribution in [0.4, 0.5) is 11.4 Å². The number of nitrogens with zero attached hydrogens (tertiary/aromatic N) is 2. The van der Waals surface area contributed by atoms with Gasteiger partial charge in [0.25, 0.3) is 5.91 Å². The Bertz CT molecular complexity index is 1630. The maximum atomic E-state index is 14.1. The fourth-order valence-corrected chi connectivity index (χ4v) is 5.82. The SMILES string of the molecule is Cc1ccc(N2C(=O)[C@H]3[C@H](ON(c4ccccc4)[C@H]3c3c4ccccc4cc4ccccc34)C2=O)cc1. The van der Waals surface area contributed by atoms with Crippen LogP contribution in [-0.2, 0) is 14.4 Å². The quantitative estimate of drug-likeness (QED) is 0.221. The maximum absolute atomic E-state index is 14.1. The Balaban J connectivity index is 1.47. The average Bonchev–Trinajstić information content (AvgIpc) is 3.44.